The molecular weight excluding hydrogens is 220 g/mol. The fraction of sp³-hybridized carbons (Fsp3) is 0.250. The number of hydrogen-bond donors (Lipinski definition) is 1. The lowest BCUT2D eigenvalue weighted by Gasteiger charge is -2.09. The van der Waals surface area contributed by atoms with Gasteiger partial charge in [-0.25, -0.2) is 4.79 Å². The van der Waals surface area contributed by atoms with Crippen molar-refractivity contribution in [3.05, 3.63) is 40.2 Å². The smallest absolute Gasteiger partial charge is 0.360 e. The SMILES string of the molecule is CCCn1nc(C(=O)O)c(=O)c2ccccc21. The van der Waals surface area contributed by atoms with E-state index in [4.69, 9.17) is 5.11 Å². The van der Waals surface area contributed by atoms with Gasteiger partial charge in [0.05, 0.1) is 5.52 Å². The van der Waals surface area contributed by atoms with Crippen molar-refractivity contribution in [1.82, 2.24) is 9.78 Å². The van der Waals surface area contributed by atoms with Gasteiger partial charge in [0.2, 0.25) is 11.1 Å². The Morgan fingerprint density at radius 3 is 2.76 bits per heavy atom. The van der Waals surface area contributed by atoms with Crippen LogP contribution in [0.3, 0.4) is 0 Å². The number of rotatable bonds is 3. The molecule has 0 aliphatic rings. The molecule has 0 bridgehead atoms. The van der Waals surface area contributed by atoms with Gasteiger partial charge in [-0.05, 0) is 18.6 Å². The van der Waals surface area contributed by atoms with Gasteiger partial charge in [-0.3, -0.25) is 9.48 Å². The van der Waals surface area contributed by atoms with Crippen molar-refractivity contribution in [2.24, 2.45) is 0 Å². The summed E-state index contributed by atoms with van der Waals surface area (Å²) in [5.74, 6) is -1.29. The van der Waals surface area contributed by atoms with E-state index in [1.54, 1.807) is 28.9 Å². The third kappa shape index (κ3) is 1.91. The minimum Gasteiger partial charge on any atom is -0.476 e. The monoisotopic (exact) mass is 232 g/mol. The van der Waals surface area contributed by atoms with Gasteiger partial charge in [-0.15, -0.1) is 0 Å². The summed E-state index contributed by atoms with van der Waals surface area (Å²) in [6.45, 7) is 2.55. The molecule has 0 aliphatic carbocycles. The molecule has 5 nitrogen and oxygen atoms in total. The lowest BCUT2D eigenvalue weighted by Crippen LogP contribution is -2.22. The van der Waals surface area contributed by atoms with E-state index >= 15 is 0 Å². The summed E-state index contributed by atoms with van der Waals surface area (Å²) in [4.78, 5) is 22.8. The van der Waals surface area contributed by atoms with Gasteiger partial charge in [0.1, 0.15) is 0 Å². The lowest BCUT2D eigenvalue weighted by atomic mass is 10.2. The highest BCUT2D eigenvalue weighted by Gasteiger charge is 2.15. The van der Waals surface area contributed by atoms with E-state index in [1.807, 2.05) is 6.92 Å². The van der Waals surface area contributed by atoms with Gasteiger partial charge in [-0.2, -0.15) is 5.10 Å². The van der Waals surface area contributed by atoms with Crippen LogP contribution in [0.2, 0.25) is 0 Å². The molecule has 2 aromatic rings. The Labute approximate surface area is 97.3 Å². The van der Waals surface area contributed by atoms with Crippen LogP contribution in [0, 0.1) is 0 Å². The zero-order chi connectivity index (χ0) is 12.4. The predicted octanol–water partition coefficient (Wildman–Crippen LogP) is 1.50. The summed E-state index contributed by atoms with van der Waals surface area (Å²) >= 11 is 0. The quantitative estimate of drug-likeness (QED) is 0.870. The molecule has 0 saturated carbocycles. The van der Waals surface area contributed by atoms with Gasteiger partial charge >= 0.3 is 5.97 Å². The number of fused-ring (bicyclic) bond motifs is 1. The van der Waals surface area contributed by atoms with Gasteiger partial charge < -0.3 is 5.11 Å². The molecule has 0 amide bonds. The first-order chi connectivity index (χ1) is 8.15. The van der Waals surface area contributed by atoms with Crippen LogP contribution < -0.4 is 5.43 Å². The van der Waals surface area contributed by atoms with Crippen LogP contribution in [0.5, 0.6) is 0 Å². The Balaban J connectivity index is 2.84. The Kier molecular flexibility index (Phi) is 2.91. The third-order valence-electron chi connectivity index (χ3n) is 2.50. The molecule has 0 spiro atoms. The zero-order valence-corrected chi connectivity index (χ0v) is 9.38. The normalized spacial score (nSPS) is 10.6. The number of hydrogen-bond acceptors (Lipinski definition) is 3. The van der Waals surface area contributed by atoms with E-state index in [9.17, 15) is 9.59 Å². The van der Waals surface area contributed by atoms with Crippen LogP contribution in [-0.2, 0) is 6.54 Å². The second-order valence-corrected chi connectivity index (χ2v) is 3.72. The molecule has 2 rings (SSSR count). The lowest BCUT2D eigenvalue weighted by molar-refractivity contribution is 0.0686. The topological polar surface area (TPSA) is 72.2 Å². The molecule has 0 atom stereocenters. The van der Waals surface area contributed by atoms with E-state index < -0.39 is 17.1 Å². The summed E-state index contributed by atoms with van der Waals surface area (Å²) in [5, 5.41) is 13.2. The minimum absolute atomic E-state index is 0.397. The van der Waals surface area contributed by atoms with E-state index in [0.717, 1.165) is 6.42 Å². The van der Waals surface area contributed by atoms with Crippen molar-refractivity contribution in [2.45, 2.75) is 19.9 Å². The number of carbonyl (C=O) groups is 1. The number of carboxylic acid groups (broad SMARTS) is 1. The molecule has 0 aliphatic heterocycles. The number of aryl methyl sites for hydroxylation is 1. The van der Waals surface area contributed by atoms with Gasteiger partial charge in [0, 0.05) is 11.9 Å². The predicted molar refractivity (Wildman–Crippen MR) is 63.3 cm³/mol. The first-order valence-electron chi connectivity index (χ1n) is 5.38. The molecule has 17 heavy (non-hydrogen) atoms. The third-order valence-corrected chi connectivity index (χ3v) is 2.50. The number of benzene rings is 1. The van der Waals surface area contributed by atoms with Gasteiger partial charge in [0.15, 0.2) is 0 Å². The summed E-state index contributed by atoms with van der Waals surface area (Å²) < 4.78 is 1.57. The van der Waals surface area contributed by atoms with Crippen molar-refractivity contribution >= 4 is 16.9 Å². The standard InChI is InChI=1S/C12H12N2O3/c1-2-7-14-9-6-4-3-5-8(9)11(15)10(13-14)12(16)17/h3-6H,2,7H2,1H3,(H,16,17). The average molecular weight is 232 g/mol. The van der Waals surface area contributed by atoms with Crippen LogP contribution >= 0.6 is 0 Å². The van der Waals surface area contributed by atoms with E-state index in [0.29, 0.717) is 17.4 Å². The molecule has 1 N–H and O–H groups in total. The Morgan fingerprint density at radius 2 is 2.12 bits per heavy atom. The minimum atomic E-state index is -1.29. The zero-order valence-electron chi connectivity index (χ0n) is 9.38. The maximum Gasteiger partial charge on any atom is 0.360 e. The molecule has 88 valence electrons. The molecule has 0 fully saturated rings. The van der Waals surface area contributed by atoms with Crippen LogP contribution in [0.15, 0.2) is 29.1 Å². The van der Waals surface area contributed by atoms with Crippen LogP contribution in [0.1, 0.15) is 23.8 Å². The van der Waals surface area contributed by atoms with E-state index in [1.165, 1.54) is 0 Å². The first kappa shape index (κ1) is 11.3. The molecule has 0 radical (unpaired) electrons. The van der Waals surface area contributed by atoms with Gasteiger partial charge in [-0.1, -0.05) is 19.1 Å². The average Bonchev–Trinajstić information content (AvgIpc) is 2.33. The van der Waals surface area contributed by atoms with Crippen molar-refractivity contribution in [1.29, 1.82) is 0 Å². The molecule has 0 saturated heterocycles. The fourth-order valence-corrected chi connectivity index (χ4v) is 1.76. The fourth-order valence-electron chi connectivity index (χ4n) is 1.76. The van der Waals surface area contributed by atoms with Crippen molar-refractivity contribution in [3.63, 3.8) is 0 Å². The van der Waals surface area contributed by atoms with Gasteiger partial charge in [0.25, 0.3) is 0 Å². The number of aromatic nitrogens is 2. The number of para-hydroxylation sites is 1. The number of aromatic carboxylic acids is 1. The van der Waals surface area contributed by atoms with E-state index in [2.05, 4.69) is 5.10 Å². The summed E-state index contributed by atoms with van der Waals surface area (Å²) in [6, 6.07) is 6.91. The Hall–Kier alpha value is -2.17. The maximum atomic E-state index is 11.9. The Bertz CT molecular complexity index is 631. The van der Waals surface area contributed by atoms with Crippen LogP contribution in [0.25, 0.3) is 10.9 Å². The molecule has 5 heteroatoms. The summed E-state index contributed by atoms with van der Waals surface area (Å²) in [5.41, 5.74) is -0.276. The van der Waals surface area contributed by atoms with Crippen LogP contribution in [-0.4, -0.2) is 20.9 Å². The molecule has 1 aromatic carbocycles. The van der Waals surface area contributed by atoms with Crippen molar-refractivity contribution in [2.75, 3.05) is 0 Å². The highest BCUT2D eigenvalue weighted by molar-refractivity contribution is 5.90. The number of nitrogens with zero attached hydrogens (tertiary/aromatic N) is 2. The second-order valence-electron chi connectivity index (χ2n) is 3.72. The Morgan fingerprint density at radius 1 is 1.41 bits per heavy atom. The van der Waals surface area contributed by atoms with Crippen molar-refractivity contribution in [3.8, 4) is 0 Å². The number of carboxylic acids is 1. The van der Waals surface area contributed by atoms with Crippen LogP contribution in [0.4, 0.5) is 0 Å². The molecule has 0 unspecified atom stereocenters. The van der Waals surface area contributed by atoms with Crippen molar-refractivity contribution < 1.29 is 9.90 Å². The van der Waals surface area contributed by atoms with E-state index in [-0.39, 0.29) is 0 Å². The first-order valence-corrected chi connectivity index (χ1v) is 5.38. The highest BCUT2D eigenvalue weighted by atomic mass is 16.4. The molecule has 1 heterocycles. The maximum absolute atomic E-state index is 11.9. The molecule has 1 aromatic heterocycles. The highest BCUT2D eigenvalue weighted by Crippen LogP contribution is 2.09. The summed E-state index contributed by atoms with van der Waals surface area (Å²) in [6.07, 6.45) is 0.818. The second kappa shape index (κ2) is 4.37. The summed E-state index contributed by atoms with van der Waals surface area (Å²) in [7, 11) is 0. The largest absolute Gasteiger partial charge is 0.476 e. The molecular formula is C12H12N2O3.